The van der Waals surface area contributed by atoms with Crippen molar-refractivity contribution in [2.75, 3.05) is 26.2 Å². The van der Waals surface area contributed by atoms with Gasteiger partial charge in [0.15, 0.2) is 0 Å². The number of nitrogens with zero attached hydrogens (tertiary/aromatic N) is 4. The number of piperazine rings is 1. The summed E-state index contributed by atoms with van der Waals surface area (Å²) in [6, 6.07) is 3.83. The molecule has 170 valence electrons. The van der Waals surface area contributed by atoms with Crippen molar-refractivity contribution in [1.82, 2.24) is 30.1 Å². The highest BCUT2D eigenvalue weighted by molar-refractivity contribution is 5.80. The topological polar surface area (TPSA) is 111 Å². The Bertz CT molecular complexity index is 1010. The summed E-state index contributed by atoms with van der Waals surface area (Å²) in [5.41, 5.74) is 1.31. The van der Waals surface area contributed by atoms with Gasteiger partial charge in [-0.1, -0.05) is 19.3 Å². The van der Waals surface area contributed by atoms with Gasteiger partial charge in [0.05, 0.1) is 6.42 Å². The molecule has 2 aromatic heterocycles. The lowest BCUT2D eigenvalue weighted by molar-refractivity contribution is -0.131. The predicted molar refractivity (Wildman–Crippen MR) is 120 cm³/mol. The maximum Gasteiger partial charge on any atom is 0.317 e. The third kappa shape index (κ3) is 5.15. The van der Waals surface area contributed by atoms with E-state index in [4.69, 9.17) is 0 Å². The molecule has 1 saturated carbocycles. The van der Waals surface area contributed by atoms with Crippen LogP contribution in [-0.2, 0) is 11.2 Å². The second-order valence-corrected chi connectivity index (χ2v) is 8.55. The summed E-state index contributed by atoms with van der Waals surface area (Å²) in [6.07, 6.45) is 8.96. The fraction of sp³-hybridized carbons (Fsp3) is 0.522. The van der Waals surface area contributed by atoms with Crippen LogP contribution in [0, 0.1) is 6.92 Å². The van der Waals surface area contributed by atoms with Crippen LogP contribution in [0.15, 0.2) is 29.3 Å². The lowest BCUT2D eigenvalue weighted by Crippen LogP contribution is -2.55. The van der Waals surface area contributed by atoms with Crippen LogP contribution in [0.1, 0.15) is 43.4 Å². The van der Waals surface area contributed by atoms with Crippen molar-refractivity contribution in [1.29, 1.82) is 0 Å². The highest BCUT2D eigenvalue weighted by atomic mass is 16.2. The molecule has 3 amide bonds. The Kier molecular flexibility index (Phi) is 6.82. The van der Waals surface area contributed by atoms with Gasteiger partial charge in [0.25, 0.3) is 5.56 Å². The van der Waals surface area contributed by atoms with Crippen LogP contribution in [0.4, 0.5) is 4.79 Å². The third-order valence-corrected chi connectivity index (χ3v) is 6.34. The number of rotatable bonds is 4. The summed E-state index contributed by atoms with van der Waals surface area (Å²) in [7, 11) is 0. The standard InChI is InChI=1S/C23H30N6O3/c1-16-19(22(31)27-21(25-16)17-6-5-9-24-15-17)14-20(30)28-10-12-29(13-11-28)23(32)26-18-7-3-2-4-8-18/h5-6,9,15,18H,2-4,7-8,10-14H2,1H3,(H,26,32)(H,25,27,31). The van der Waals surface area contributed by atoms with Crippen molar-refractivity contribution in [3.05, 3.63) is 46.1 Å². The minimum absolute atomic E-state index is 0.00421. The first-order valence-electron chi connectivity index (χ1n) is 11.3. The van der Waals surface area contributed by atoms with Crippen LogP contribution >= 0.6 is 0 Å². The number of nitrogens with one attached hydrogen (secondary N) is 2. The van der Waals surface area contributed by atoms with E-state index in [0.717, 1.165) is 12.8 Å². The van der Waals surface area contributed by atoms with Crippen molar-refractivity contribution < 1.29 is 9.59 Å². The van der Waals surface area contributed by atoms with E-state index in [1.54, 1.807) is 35.2 Å². The molecule has 1 saturated heterocycles. The molecule has 3 heterocycles. The van der Waals surface area contributed by atoms with Gasteiger partial charge in [0.2, 0.25) is 5.91 Å². The SMILES string of the molecule is Cc1nc(-c2cccnc2)[nH]c(=O)c1CC(=O)N1CCN(C(=O)NC2CCCCC2)CC1. The van der Waals surface area contributed by atoms with Gasteiger partial charge >= 0.3 is 6.03 Å². The molecule has 0 aromatic carbocycles. The van der Waals surface area contributed by atoms with Crippen molar-refractivity contribution in [2.45, 2.75) is 51.5 Å². The van der Waals surface area contributed by atoms with E-state index in [1.165, 1.54) is 19.3 Å². The molecular weight excluding hydrogens is 408 g/mol. The van der Waals surface area contributed by atoms with Gasteiger partial charge in [-0.2, -0.15) is 0 Å². The van der Waals surface area contributed by atoms with E-state index in [-0.39, 0.29) is 30.0 Å². The molecule has 0 radical (unpaired) electrons. The van der Waals surface area contributed by atoms with Gasteiger partial charge < -0.3 is 20.1 Å². The molecule has 0 bridgehead atoms. The van der Waals surface area contributed by atoms with E-state index >= 15 is 0 Å². The van der Waals surface area contributed by atoms with Gasteiger partial charge in [0.1, 0.15) is 5.82 Å². The van der Waals surface area contributed by atoms with Crippen molar-refractivity contribution >= 4 is 11.9 Å². The predicted octanol–water partition coefficient (Wildman–Crippen LogP) is 1.87. The molecule has 2 fully saturated rings. The van der Waals surface area contributed by atoms with E-state index in [1.807, 2.05) is 6.07 Å². The Labute approximate surface area is 187 Å². The number of carbonyl (C=O) groups is 2. The molecule has 0 unspecified atom stereocenters. The Balaban J connectivity index is 1.33. The molecule has 32 heavy (non-hydrogen) atoms. The summed E-state index contributed by atoms with van der Waals surface area (Å²) in [6.45, 7) is 3.67. The number of hydrogen-bond donors (Lipinski definition) is 2. The number of aromatic nitrogens is 3. The zero-order valence-corrected chi connectivity index (χ0v) is 18.5. The van der Waals surface area contributed by atoms with Gasteiger partial charge in [-0.05, 0) is 31.9 Å². The average molecular weight is 439 g/mol. The quantitative estimate of drug-likeness (QED) is 0.757. The lowest BCUT2D eigenvalue weighted by atomic mass is 9.96. The molecule has 0 spiro atoms. The first-order chi connectivity index (χ1) is 15.5. The molecule has 4 rings (SSSR count). The Morgan fingerprint density at radius 2 is 1.84 bits per heavy atom. The minimum Gasteiger partial charge on any atom is -0.339 e. The number of aryl methyl sites for hydroxylation is 1. The molecule has 0 atom stereocenters. The first kappa shape index (κ1) is 22.0. The van der Waals surface area contributed by atoms with Gasteiger partial charge in [-0.25, -0.2) is 9.78 Å². The van der Waals surface area contributed by atoms with E-state index in [9.17, 15) is 14.4 Å². The largest absolute Gasteiger partial charge is 0.339 e. The Morgan fingerprint density at radius 1 is 1.12 bits per heavy atom. The fourth-order valence-corrected chi connectivity index (χ4v) is 4.39. The van der Waals surface area contributed by atoms with E-state index < -0.39 is 0 Å². The summed E-state index contributed by atoms with van der Waals surface area (Å²) in [5.74, 6) is 0.316. The summed E-state index contributed by atoms with van der Waals surface area (Å²) >= 11 is 0. The molecule has 9 nitrogen and oxygen atoms in total. The van der Waals surface area contributed by atoms with E-state index in [2.05, 4.69) is 20.3 Å². The summed E-state index contributed by atoms with van der Waals surface area (Å²) in [4.78, 5) is 52.8. The minimum atomic E-state index is -0.310. The zero-order chi connectivity index (χ0) is 22.5. The van der Waals surface area contributed by atoms with E-state index in [0.29, 0.717) is 48.8 Å². The van der Waals surface area contributed by atoms with Crippen LogP contribution in [0.5, 0.6) is 0 Å². The second-order valence-electron chi connectivity index (χ2n) is 8.55. The molecule has 2 aliphatic rings. The highest BCUT2D eigenvalue weighted by Crippen LogP contribution is 2.18. The number of H-pyrrole nitrogens is 1. The number of amides is 3. The lowest BCUT2D eigenvalue weighted by Gasteiger charge is -2.36. The number of pyridine rings is 1. The average Bonchev–Trinajstić information content (AvgIpc) is 2.82. The van der Waals surface area contributed by atoms with Gasteiger partial charge in [-0.3, -0.25) is 14.6 Å². The fourth-order valence-electron chi connectivity index (χ4n) is 4.39. The third-order valence-electron chi connectivity index (χ3n) is 6.34. The van der Waals surface area contributed by atoms with Crippen LogP contribution in [0.3, 0.4) is 0 Å². The van der Waals surface area contributed by atoms with Crippen LogP contribution in [0.2, 0.25) is 0 Å². The maximum atomic E-state index is 12.8. The van der Waals surface area contributed by atoms with Crippen molar-refractivity contribution in [3.8, 4) is 11.4 Å². The first-order valence-corrected chi connectivity index (χ1v) is 11.3. The monoisotopic (exact) mass is 438 g/mol. The molecule has 1 aliphatic carbocycles. The Hall–Kier alpha value is -3.23. The molecule has 9 heteroatoms. The zero-order valence-electron chi connectivity index (χ0n) is 18.5. The summed E-state index contributed by atoms with van der Waals surface area (Å²) < 4.78 is 0. The molecular formula is C23H30N6O3. The molecule has 2 aromatic rings. The van der Waals surface area contributed by atoms with Crippen molar-refractivity contribution in [3.63, 3.8) is 0 Å². The van der Waals surface area contributed by atoms with Crippen LogP contribution in [0.25, 0.3) is 11.4 Å². The van der Waals surface area contributed by atoms with Crippen molar-refractivity contribution in [2.24, 2.45) is 0 Å². The molecule has 1 aliphatic heterocycles. The van der Waals surface area contributed by atoms with Gasteiger partial charge in [0, 0.05) is 61.4 Å². The smallest absolute Gasteiger partial charge is 0.317 e. The Morgan fingerprint density at radius 3 is 2.50 bits per heavy atom. The number of urea groups is 1. The normalized spacial score (nSPS) is 17.3. The number of carbonyl (C=O) groups excluding carboxylic acids is 2. The van der Waals surface area contributed by atoms with Crippen LogP contribution in [-0.4, -0.2) is 68.9 Å². The number of hydrogen-bond acceptors (Lipinski definition) is 5. The summed E-state index contributed by atoms with van der Waals surface area (Å²) in [5, 5.41) is 3.13. The highest BCUT2D eigenvalue weighted by Gasteiger charge is 2.27. The maximum absolute atomic E-state index is 12.8. The van der Waals surface area contributed by atoms with Gasteiger partial charge in [-0.15, -0.1) is 0 Å². The second kappa shape index (κ2) is 9.93. The number of aromatic amines is 1. The van der Waals surface area contributed by atoms with Crippen LogP contribution < -0.4 is 10.9 Å². The molecule has 2 N–H and O–H groups in total.